The van der Waals surface area contributed by atoms with Crippen molar-refractivity contribution in [2.24, 2.45) is 5.92 Å². The highest BCUT2D eigenvalue weighted by Crippen LogP contribution is 2.15. The van der Waals surface area contributed by atoms with Crippen LogP contribution in [0, 0.1) is 19.8 Å². The molecule has 2 rings (SSSR count). The van der Waals surface area contributed by atoms with E-state index in [1.165, 1.54) is 0 Å². The summed E-state index contributed by atoms with van der Waals surface area (Å²) in [6.45, 7) is 11.0. The first-order valence-corrected chi connectivity index (χ1v) is 6.81. The number of Topliss-reactive ketones (excluding diaryl/α,β-unsaturated/α-hetero) is 1. The highest BCUT2D eigenvalue weighted by molar-refractivity contribution is 5.96. The molecule has 0 N–H and O–H groups in total. The average Bonchev–Trinajstić information content (AvgIpc) is 2.85. The number of hydrogen-bond donors (Lipinski definition) is 0. The van der Waals surface area contributed by atoms with Crippen LogP contribution in [0.15, 0.2) is 6.33 Å². The Balaban J connectivity index is 2.29. The van der Waals surface area contributed by atoms with Crippen LogP contribution in [-0.2, 0) is 13.1 Å². The van der Waals surface area contributed by atoms with Crippen molar-refractivity contribution in [1.29, 1.82) is 0 Å². The molecule has 0 aliphatic carbocycles. The quantitative estimate of drug-likeness (QED) is 0.783. The van der Waals surface area contributed by atoms with Crippen molar-refractivity contribution in [1.82, 2.24) is 24.5 Å². The number of carbonyl (C=O) groups is 1. The summed E-state index contributed by atoms with van der Waals surface area (Å²) in [5.41, 5.74) is 2.36. The van der Waals surface area contributed by atoms with Gasteiger partial charge in [-0.1, -0.05) is 13.8 Å². The molecule has 0 unspecified atom stereocenters. The second kappa shape index (κ2) is 5.56. The van der Waals surface area contributed by atoms with E-state index in [9.17, 15) is 4.79 Å². The van der Waals surface area contributed by atoms with Gasteiger partial charge in [0.15, 0.2) is 5.78 Å². The van der Waals surface area contributed by atoms with Crippen LogP contribution in [0.25, 0.3) is 0 Å². The average molecular weight is 275 g/mol. The number of hydrogen-bond acceptors (Lipinski definition) is 4. The predicted molar refractivity (Wildman–Crippen MR) is 75.7 cm³/mol. The molecule has 6 nitrogen and oxygen atoms in total. The Kier molecular flexibility index (Phi) is 4.01. The van der Waals surface area contributed by atoms with E-state index < -0.39 is 0 Å². The molecule has 2 heterocycles. The van der Waals surface area contributed by atoms with Gasteiger partial charge in [-0.2, -0.15) is 10.2 Å². The lowest BCUT2D eigenvalue weighted by molar-refractivity contribution is 0.101. The Morgan fingerprint density at radius 3 is 2.55 bits per heavy atom. The summed E-state index contributed by atoms with van der Waals surface area (Å²) in [7, 11) is 0. The van der Waals surface area contributed by atoms with Crippen LogP contribution in [0.1, 0.15) is 48.3 Å². The molecule has 0 saturated heterocycles. The van der Waals surface area contributed by atoms with Gasteiger partial charge < -0.3 is 0 Å². The number of carbonyl (C=O) groups excluding carboxylic acids is 1. The summed E-state index contributed by atoms with van der Waals surface area (Å²) in [5.74, 6) is 1.41. The lowest BCUT2D eigenvalue weighted by Gasteiger charge is -2.09. The Labute approximate surface area is 118 Å². The smallest absolute Gasteiger partial charge is 0.163 e. The maximum absolute atomic E-state index is 11.6. The fourth-order valence-corrected chi connectivity index (χ4v) is 2.40. The van der Waals surface area contributed by atoms with Crippen molar-refractivity contribution in [2.75, 3.05) is 0 Å². The number of rotatable bonds is 5. The summed E-state index contributed by atoms with van der Waals surface area (Å²) in [5, 5.41) is 8.69. The Hall–Kier alpha value is -1.98. The van der Waals surface area contributed by atoms with Crippen molar-refractivity contribution < 1.29 is 4.79 Å². The zero-order valence-electron chi connectivity index (χ0n) is 12.7. The topological polar surface area (TPSA) is 65.6 Å². The van der Waals surface area contributed by atoms with Gasteiger partial charge in [-0.05, 0) is 26.7 Å². The van der Waals surface area contributed by atoms with Crippen LogP contribution < -0.4 is 0 Å². The van der Waals surface area contributed by atoms with Crippen molar-refractivity contribution >= 4 is 5.78 Å². The summed E-state index contributed by atoms with van der Waals surface area (Å²) in [6, 6.07) is 0. The van der Waals surface area contributed by atoms with Gasteiger partial charge in [-0.25, -0.2) is 9.67 Å². The Bertz CT molecular complexity index is 624. The van der Waals surface area contributed by atoms with Crippen molar-refractivity contribution in [2.45, 2.75) is 47.7 Å². The summed E-state index contributed by atoms with van der Waals surface area (Å²) in [6.07, 6.45) is 1.56. The minimum Gasteiger partial charge on any atom is -0.294 e. The summed E-state index contributed by atoms with van der Waals surface area (Å²) < 4.78 is 3.72. The van der Waals surface area contributed by atoms with Crippen molar-refractivity contribution in [3.8, 4) is 0 Å². The van der Waals surface area contributed by atoms with Crippen molar-refractivity contribution in [3.63, 3.8) is 0 Å². The first-order chi connectivity index (χ1) is 9.40. The van der Waals surface area contributed by atoms with E-state index >= 15 is 0 Å². The van der Waals surface area contributed by atoms with Gasteiger partial charge >= 0.3 is 0 Å². The molecular formula is C14H21N5O. The normalized spacial score (nSPS) is 11.3. The van der Waals surface area contributed by atoms with Crippen molar-refractivity contribution in [3.05, 3.63) is 29.1 Å². The molecule has 2 aromatic heterocycles. The molecule has 20 heavy (non-hydrogen) atoms. The van der Waals surface area contributed by atoms with E-state index in [4.69, 9.17) is 0 Å². The molecule has 0 aliphatic heterocycles. The largest absolute Gasteiger partial charge is 0.294 e. The van der Waals surface area contributed by atoms with Crippen LogP contribution in [0.4, 0.5) is 0 Å². The number of nitrogens with zero attached hydrogens (tertiary/aromatic N) is 5. The van der Waals surface area contributed by atoms with Crippen LogP contribution in [-0.4, -0.2) is 30.3 Å². The second-order valence-corrected chi connectivity index (χ2v) is 5.51. The minimum absolute atomic E-state index is 0.0508. The third-order valence-electron chi connectivity index (χ3n) is 3.26. The standard InChI is InChI=1S/C14H21N5O/c1-9(2)6-19-13(15-8-16-19)7-18-11(4)14(12(5)20)10(3)17-18/h8-9H,6-7H2,1-5H3. The van der Waals surface area contributed by atoms with E-state index in [1.807, 2.05) is 23.2 Å². The van der Waals surface area contributed by atoms with Crippen LogP contribution in [0.2, 0.25) is 0 Å². The maximum Gasteiger partial charge on any atom is 0.163 e. The molecule has 0 saturated carbocycles. The lowest BCUT2D eigenvalue weighted by Crippen LogP contribution is -2.14. The van der Waals surface area contributed by atoms with Gasteiger partial charge in [-0.15, -0.1) is 0 Å². The third kappa shape index (κ3) is 2.79. The van der Waals surface area contributed by atoms with Gasteiger partial charge in [0.1, 0.15) is 18.7 Å². The van der Waals surface area contributed by atoms with Gasteiger partial charge in [0.2, 0.25) is 0 Å². The number of aryl methyl sites for hydroxylation is 1. The minimum atomic E-state index is 0.0508. The zero-order valence-corrected chi connectivity index (χ0v) is 12.7. The van der Waals surface area contributed by atoms with Crippen LogP contribution in [0.3, 0.4) is 0 Å². The first kappa shape index (κ1) is 14.4. The highest BCUT2D eigenvalue weighted by Gasteiger charge is 2.17. The molecule has 2 aromatic rings. The number of aromatic nitrogens is 5. The Morgan fingerprint density at radius 1 is 1.30 bits per heavy atom. The van der Waals surface area contributed by atoms with E-state index in [0.29, 0.717) is 18.0 Å². The lowest BCUT2D eigenvalue weighted by atomic mass is 10.1. The molecule has 0 fully saturated rings. The molecule has 0 atom stereocenters. The predicted octanol–water partition coefficient (Wildman–Crippen LogP) is 2.00. The molecule has 0 bridgehead atoms. The van der Waals surface area contributed by atoms with Gasteiger partial charge in [0, 0.05) is 12.2 Å². The third-order valence-corrected chi connectivity index (χ3v) is 3.26. The zero-order chi connectivity index (χ0) is 14.9. The molecular weight excluding hydrogens is 254 g/mol. The monoisotopic (exact) mass is 275 g/mol. The molecule has 0 spiro atoms. The summed E-state index contributed by atoms with van der Waals surface area (Å²) in [4.78, 5) is 15.9. The van der Waals surface area contributed by atoms with Crippen LogP contribution >= 0.6 is 0 Å². The first-order valence-electron chi connectivity index (χ1n) is 6.81. The maximum atomic E-state index is 11.6. The molecule has 0 radical (unpaired) electrons. The SMILES string of the molecule is CC(=O)c1c(C)nn(Cc2ncnn2CC(C)C)c1C. The van der Waals surface area contributed by atoms with Gasteiger partial charge in [-0.3, -0.25) is 9.48 Å². The van der Waals surface area contributed by atoms with E-state index in [2.05, 4.69) is 29.0 Å². The number of ketones is 1. The molecule has 108 valence electrons. The van der Waals surface area contributed by atoms with E-state index in [1.54, 1.807) is 13.3 Å². The molecule has 0 amide bonds. The highest BCUT2D eigenvalue weighted by atomic mass is 16.1. The van der Waals surface area contributed by atoms with E-state index in [0.717, 1.165) is 23.8 Å². The van der Waals surface area contributed by atoms with Gasteiger partial charge in [0.25, 0.3) is 0 Å². The fraction of sp³-hybridized carbons (Fsp3) is 0.571. The second-order valence-electron chi connectivity index (χ2n) is 5.51. The summed E-state index contributed by atoms with van der Waals surface area (Å²) >= 11 is 0. The Morgan fingerprint density at radius 2 is 2.00 bits per heavy atom. The molecule has 0 aromatic carbocycles. The molecule has 0 aliphatic rings. The van der Waals surface area contributed by atoms with E-state index in [-0.39, 0.29) is 5.78 Å². The van der Waals surface area contributed by atoms with Gasteiger partial charge in [0.05, 0.1) is 11.3 Å². The van der Waals surface area contributed by atoms with Crippen LogP contribution in [0.5, 0.6) is 0 Å². The molecule has 6 heteroatoms. The fourth-order valence-electron chi connectivity index (χ4n) is 2.40.